The molecule has 2 aliphatic heterocycles. The van der Waals surface area contributed by atoms with Crippen LogP contribution < -0.4 is 0 Å². The van der Waals surface area contributed by atoms with Crippen LogP contribution in [0.5, 0.6) is 0 Å². The Kier molecular flexibility index (Phi) is 3.46. The van der Waals surface area contributed by atoms with Crippen molar-refractivity contribution in [3.8, 4) is 0 Å². The number of carbonyl (C=O) groups is 1. The lowest BCUT2D eigenvalue weighted by atomic mass is 9.76. The van der Waals surface area contributed by atoms with E-state index >= 15 is 0 Å². The van der Waals surface area contributed by atoms with E-state index < -0.39 is 0 Å². The molecule has 2 bridgehead atoms. The van der Waals surface area contributed by atoms with E-state index in [1.54, 1.807) is 0 Å². The van der Waals surface area contributed by atoms with Crippen molar-refractivity contribution in [1.82, 2.24) is 4.90 Å². The minimum atomic E-state index is 0.330. The Hall–Kier alpha value is -1.15. The number of piperidine rings is 2. The molecule has 0 N–H and O–H groups in total. The van der Waals surface area contributed by atoms with Crippen LogP contribution in [0.3, 0.4) is 0 Å². The number of carbonyl (C=O) groups excluding carboxylic acids is 1. The molecule has 1 aromatic rings. The Morgan fingerprint density at radius 2 is 2.00 bits per heavy atom. The van der Waals surface area contributed by atoms with E-state index in [-0.39, 0.29) is 0 Å². The zero-order valence-corrected chi connectivity index (χ0v) is 10.8. The SMILES string of the molecule is O=C1CCN2CCC(CCc3ccccc3)C1C2. The molecule has 96 valence electrons. The van der Waals surface area contributed by atoms with Gasteiger partial charge in [-0.1, -0.05) is 30.3 Å². The highest BCUT2D eigenvalue weighted by atomic mass is 16.1. The summed E-state index contributed by atoms with van der Waals surface area (Å²) in [5.41, 5.74) is 1.41. The zero-order valence-electron chi connectivity index (χ0n) is 10.8. The van der Waals surface area contributed by atoms with E-state index in [2.05, 4.69) is 35.2 Å². The molecule has 0 amide bonds. The van der Waals surface area contributed by atoms with E-state index in [1.807, 2.05) is 0 Å². The summed E-state index contributed by atoms with van der Waals surface area (Å²) in [7, 11) is 0. The van der Waals surface area contributed by atoms with Gasteiger partial charge in [-0.3, -0.25) is 4.79 Å². The predicted molar refractivity (Wildman–Crippen MR) is 72.4 cm³/mol. The van der Waals surface area contributed by atoms with Crippen LogP contribution in [0.25, 0.3) is 0 Å². The van der Waals surface area contributed by atoms with Gasteiger partial charge in [-0.05, 0) is 37.3 Å². The summed E-state index contributed by atoms with van der Waals surface area (Å²) in [6.45, 7) is 3.22. The van der Waals surface area contributed by atoms with Crippen LogP contribution in [-0.4, -0.2) is 30.3 Å². The van der Waals surface area contributed by atoms with Gasteiger partial charge >= 0.3 is 0 Å². The first-order valence-corrected chi connectivity index (χ1v) is 7.12. The van der Waals surface area contributed by atoms with Crippen molar-refractivity contribution in [2.45, 2.75) is 25.7 Å². The van der Waals surface area contributed by atoms with Crippen LogP contribution in [0.1, 0.15) is 24.8 Å². The molecule has 0 aromatic heterocycles. The second-order valence-electron chi connectivity index (χ2n) is 5.70. The normalized spacial score (nSPS) is 31.3. The molecule has 0 aliphatic carbocycles. The van der Waals surface area contributed by atoms with Crippen molar-refractivity contribution in [2.24, 2.45) is 11.8 Å². The highest BCUT2D eigenvalue weighted by molar-refractivity contribution is 5.82. The highest BCUT2D eigenvalue weighted by Gasteiger charge is 2.36. The molecule has 3 rings (SSSR count). The summed E-state index contributed by atoms with van der Waals surface area (Å²) < 4.78 is 0. The maximum atomic E-state index is 12.0. The van der Waals surface area contributed by atoms with Gasteiger partial charge in [0.25, 0.3) is 0 Å². The lowest BCUT2D eigenvalue weighted by Crippen LogP contribution is -2.49. The molecule has 2 heteroatoms. The van der Waals surface area contributed by atoms with Gasteiger partial charge in [0.15, 0.2) is 0 Å². The van der Waals surface area contributed by atoms with Gasteiger partial charge in [-0.15, -0.1) is 0 Å². The fourth-order valence-electron chi connectivity index (χ4n) is 3.43. The molecule has 2 nitrogen and oxygen atoms in total. The third-order valence-electron chi connectivity index (χ3n) is 4.57. The van der Waals surface area contributed by atoms with E-state index in [0.717, 1.165) is 25.9 Å². The monoisotopic (exact) mass is 243 g/mol. The molecule has 1 aromatic carbocycles. The molecular formula is C16H21NO. The second kappa shape index (κ2) is 5.23. The van der Waals surface area contributed by atoms with Crippen molar-refractivity contribution in [1.29, 1.82) is 0 Å². The number of Topliss-reactive ketones (excluding diaryl/α,β-unsaturated/α-hetero) is 1. The van der Waals surface area contributed by atoms with Crippen LogP contribution in [0, 0.1) is 11.8 Å². The van der Waals surface area contributed by atoms with Crippen LogP contribution in [-0.2, 0) is 11.2 Å². The number of rotatable bonds is 3. The summed E-state index contributed by atoms with van der Waals surface area (Å²) in [4.78, 5) is 14.5. The van der Waals surface area contributed by atoms with Gasteiger partial charge in [0, 0.05) is 25.4 Å². The summed E-state index contributed by atoms with van der Waals surface area (Å²) in [5.74, 6) is 1.47. The fraction of sp³-hybridized carbons (Fsp3) is 0.562. The molecular weight excluding hydrogens is 222 g/mol. The standard InChI is InChI=1S/C16H21NO/c18-16-9-11-17-10-8-14(15(16)12-17)7-6-13-4-2-1-3-5-13/h1-5,14-15H,6-12H2. The first-order valence-electron chi connectivity index (χ1n) is 7.12. The average molecular weight is 243 g/mol. The summed E-state index contributed by atoms with van der Waals surface area (Å²) >= 11 is 0. The van der Waals surface area contributed by atoms with Gasteiger partial charge in [0.1, 0.15) is 5.78 Å². The number of hydrogen-bond donors (Lipinski definition) is 0. The Balaban J connectivity index is 1.60. The second-order valence-corrected chi connectivity index (χ2v) is 5.70. The molecule has 3 unspecified atom stereocenters. The van der Waals surface area contributed by atoms with Crippen LogP contribution in [0.15, 0.2) is 30.3 Å². The fourth-order valence-corrected chi connectivity index (χ4v) is 3.43. The van der Waals surface area contributed by atoms with E-state index in [1.165, 1.54) is 24.9 Å². The summed E-state index contributed by atoms with van der Waals surface area (Å²) in [6, 6.07) is 10.6. The number of nitrogens with zero attached hydrogens (tertiary/aromatic N) is 1. The Morgan fingerprint density at radius 3 is 2.83 bits per heavy atom. The van der Waals surface area contributed by atoms with Crippen molar-refractivity contribution in [3.05, 3.63) is 35.9 Å². The maximum absolute atomic E-state index is 12.0. The minimum absolute atomic E-state index is 0.330. The molecule has 2 aliphatic rings. The number of benzene rings is 1. The van der Waals surface area contributed by atoms with Crippen LogP contribution in [0.4, 0.5) is 0 Å². The largest absolute Gasteiger partial charge is 0.302 e. The number of hydrogen-bond acceptors (Lipinski definition) is 2. The van der Waals surface area contributed by atoms with Gasteiger partial charge in [0.2, 0.25) is 0 Å². The molecule has 0 saturated carbocycles. The lowest BCUT2D eigenvalue weighted by molar-refractivity contribution is -0.130. The quantitative estimate of drug-likeness (QED) is 0.813. The van der Waals surface area contributed by atoms with Gasteiger partial charge in [-0.2, -0.15) is 0 Å². The highest BCUT2D eigenvalue weighted by Crippen LogP contribution is 2.32. The molecule has 0 radical (unpaired) electrons. The Labute approximate surface area is 109 Å². The topological polar surface area (TPSA) is 20.3 Å². The number of aryl methyl sites for hydroxylation is 1. The molecule has 0 spiro atoms. The van der Waals surface area contributed by atoms with E-state index in [9.17, 15) is 4.79 Å². The van der Waals surface area contributed by atoms with Gasteiger partial charge < -0.3 is 4.90 Å². The van der Waals surface area contributed by atoms with E-state index in [0.29, 0.717) is 17.6 Å². The van der Waals surface area contributed by atoms with Crippen molar-refractivity contribution in [2.75, 3.05) is 19.6 Å². The van der Waals surface area contributed by atoms with E-state index in [4.69, 9.17) is 0 Å². The van der Waals surface area contributed by atoms with Crippen molar-refractivity contribution >= 4 is 5.78 Å². The first-order chi connectivity index (χ1) is 8.83. The molecule has 2 fully saturated rings. The molecule has 2 saturated heterocycles. The average Bonchev–Trinajstić information content (AvgIpc) is 2.43. The predicted octanol–water partition coefficient (Wildman–Crippen LogP) is 2.53. The molecule has 3 atom stereocenters. The third kappa shape index (κ3) is 2.49. The summed E-state index contributed by atoms with van der Waals surface area (Å²) in [6.07, 6.45) is 4.29. The smallest absolute Gasteiger partial charge is 0.138 e. The van der Waals surface area contributed by atoms with Crippen LogP contribution >= 0.6 is 0 Å². The number of ketones is 1. The third-order valence-corrected chi connectivity index (χ3v) is 4.57. The van der Waals surface area contributed by atoms with Gasteiger partial charge in [-0.25, -0.2) is 0 Å². The Morgan fingerprint density at radius 1 is 1.17 bits per heavy atom. The minimum Gasteiger partial charge on any atom is -0.302 e. The van der Waals surface area contributed by atoms with Crippen molar-refractivity contribution < 1.29 is 4.79 Å². The first kappa shape index (κ1) is 11.9. The maximum Gasteiger partial charge on any atom is 0.138 e. The number of fused-ring (bicyclic) bond motifs is 2. The molecule has 18 heavy (non-hydrogen) atoms. The van der Waals surface area contributed by atoms with Crippen molar-refractivity contribution in [3.63, 3.8) is 0 Å². The van der Waals surface area contributed by atoms with Crippen LogP contribution in [0.2, 0.25) is 0 Å². The zero-order chi connectivity index (χ0) is 12.4. The molecule has 2 heterocycles. The summed E-state index contributed by atoms with van der Waals surface area (Å²) in [5, 5.41) is 0. The van der Waals surface area contributed by atoms with Gasteiger partial charge in [0.05, 0.1) is 0 Å². The Bertz CT molecular complexity index is 414. The lowest BCUT2D eigenvalue weighted by Gasteiger charge is -2.41.